The number of nitrogens with two attached hydrogens (primary N) is 1. The fraction of sp³-hybridized carbons (Fsp3) is 0.379. The van der Waals surface area contributed by atoms with Gasteiger partial charge in [-0.25, -0.2) is 9.97 Å². The molecule has 0 unspecified atom stereocenters. The summed E-state index contributed by atoms with van der Waals surface area (Å²) < 4.78 is 5.69. The van der Waals surface area contributed by atoms with Crippen molar-refractivity contribution < 1.29 is 14.3 Å². The maximum atomic E-state index is 13.6. The number of hydrogen-bond acceptors (Lipinski definition) is 7. The summed E-state index contributed by atoms with van der Waals surface area (Å²) in [6.07, 6.45) is 2.48. The van der Waals surface area contributed by atoms with Gasteiger partial charge in [-0.15, -0.1) is 0 Å². The summed E-state index contributed by atoms with van der Waals surface area (Å²) in [5, 5.41) is 0. The molecule has 1 aliphatic heterocycles. The van der Waals surface area contributed by atoms with E-state index in [-0.39, 0.29) is 11.9 Å². The Kier molecular flexibility index (Phi) is 8.14. The molecule has 9 heteroatoms. The molecular formula is C29H36N6O3. The predicted molar refractivity (Wildman–Crippen MR) is 150 cm³/mol. The van der Waals surface area contributed by atoms with Gasteiger partial charge in [0.2, 0.25) is 5.88 Å². The Morgan fingerprint density at radius 3 is 2.58 bits per heavy atom. The molecule has 0 saturated carbocycles. The number of anilines is 2. The van der Waals surface area contributed by atoms with E-state index >= 15 is 0 Å². The monoisotopic (exact) mass is 516 g/mol. The van der Waals surface area contributed by atoms with E-state index in [0.29, 0.717) is 49.1 Å². The lowest BCUT2D eigenvalue weighted by Crippen LogP contribution is -2.55. The number of ether oxygens (including phenoxy) is 1. The summed E-state index contributed by atoms with van der Waals surface area (Å²) in [4.78, 5) is 41.0. The van der Waals surface area contributed by atoms with Gasteiger partial charge in [0.25, 0.3) is 11.8 Å². The average molecular weight is 517 g/mol. The highest BCUT2D eigenvalue weighted by Crippen LogP contribution is 2.34. The smallest absolute Gasteiger partial charge is 0.257 e. The lowest BCUT2D eigenvalue weighted by molar-refractivity contribution is 0.0720. The molecule has 200 valence electrons. The van der Waals surface area contributed by atoms with Crippen LogP contribution in [-0.4, -0.2) is 73.1 Å². The van der Waals surface area contributed by atoms with E-state index in [0.717, 1.165) is 28.9 Å². The molecule has 0 radical (unpaired) electrons. The van der Waals surface area contributed by atoms with Gasteiger partial charge >= 0.3 is 0 Å². The van der Waals surface area contributed by atoms with Crippen LogP contribution in [0.3, 0.4) is 0 Å². The van der Waals surface area contributed by atoms with Gasteiger partial charge in [-0.05, 0) is 62.2 Å². The Hall–Kier alpha value is -4.14. The Bertz CT molecular complexity index is 1330. The lowest BCUT2D eigenvalue weighted by Gasteiger charge is -2.43. The normalized spacial score (nSPS) is 15.3. The quantitative estimate of drug-likeness (QED) is 0.486. The van der Waals surface area contributed by atoms with Gasteiger partial charge in [0, 0.05) is 62.9 Å². The standard InChI is InChI=1S/C29H36N6O3/c1-6-21-18-34(29(37)23-12-10-19(3)32-27(23)33(4)5)15-16-35(21)25-13-11-20(17-24(25)26(30)36)22-9-8-14-31-28(22)38-7-2/h8-14,17,21H,6-7,15-16,18H2,1-5H3,(H2,30,36)/t21-/m1/s1. The molecule has 1 aromatic carbocycles. The Balaban J connectivity index is 1.62. The van der Waals surface area contributed by atoms with Gasteiger partial charge < -0.3 is 25.2 Å². The first-order chi connectivity index (χ1) is 18.2. The SMILES string of the molecule is CCOc1ncccc1-c1ccc(N2CCN(C(=O)c3ccc(C)nc3N(C)C)C[C@H]2CC)c(C(N)=O)c1. The topological polar surface area (TPSA) is 105 Å². The molecular weight excluding hydrogens is 480 g/mol. The van der Waals surface area contributed by atoms with Crippen LogP contribution >= 0.6 is 0 Å². The number of amides is 2. The van der Waals surface area contributed by atoms with Gasteiger partial charge in [-0.1, -0.05) is 13.0 Å². The summed E-state index contributed by atoms with van der Waals surface area (Å²) >= 11 is 0. The zero-order chi connectivity index (χ0) is 27.4. The lowest BCUT2D eigenvalue weighted by atomic mass is 9.99. The molecule has 0 spiro atoms. The van der Waals surface area contributed by atoms with Crippen LogP contribution in [-0.2, 0) is 0 Å². The second-order valence-electron chi connectivity index (χ2n) is 9.61. The average Bonchev–Trinajstić information content (AvgIpc) is 2.92. The second-order valence-corrected chi connectivity index (χ2v) is 9.61. The van der Waals surface area contributed by atoms with E-state index in [2.05, 4.69) is 21.8 Å². The molecule has 38 heavy (non-hydrogen) atoms. The maximum absolute atomic E-state index is 13.6. The Morgan fingerprint density at radius 1 is 1.11 bits per heavy atom. The minimum atomic E-state index is -0.501. The molecule has 2 N–H and O–H groups in total. The van der Waals surface area contributed by atoms with E-state index in [9.17, 15) is 9.59 Å². The van der Waals surface area contributed by atoms with Gasteiger partial charge in [0.1, 0.15) is 5.82 Å². The van der Waals surface area contributed by atoms with Crippen LogP contribution in [0.4, 0.5) is 11.5 Å². The molecule has 2 amide bonds. The van der Waals surface area contributed by atoms with Gasteiger partial charge in [0.05, 0.1) is 17.7 Å². The Labute approximate surface area is 224 Å². The molecule has 1 atom stereocenters. The third kappa shape index (κ3) is 5.41. The van der Waals surface area contributed by atoms with Crippen LogP contribution in [0.2, 0.25) is 0 Å². The van der Waals surface area contributed by atoms with Crippen molar-refractivity contribution in [3.05, 3.63) is 65.5 Å². The van der Waals surface area contributed by atoms with E-state index in [4.69, 9.17) is 10.5 Å². The van der Waals surface area contributed by atoms with Crippen molar-refractivity contribution in [2.24, 2.45) is 5.73 Å². The first-order valence-corrected chi connectivity index (χ1v) is 13.0. The van der Waals surface area contributed by atoms with E-state index in [1.807, 2.05) is 80.2 Å². The summed E-state index contributed by atoms with van der Waals surface area (Å²) in [6.45, 7) is 8.04. The van der Waals surface area contributed by atoms with Crippen LogP contribution in [0.5, 0.6) is 5.88 Å². The third-order valence-corrected chi connectivity index (χ3v) is 6.84. The molecule has 0 bridgehead atoms. The first kappa shape index (κ1) is 26.9. The largest absolute Gasteiger partial charge is 0.478 e. The first-order valence-electron chi connectivity index (χ1n) is 13.0. The molecule has 3 aromatic rings. The number of hydrogen-bond donors (Lipinski definition) is 1. The molecule has 1 saturated heterocycles. The molecule has 0 aliphatic carbocycles. The summed E-state index contributed by atoms with van der Waals surface area (Å²) in [5.41, 5.74) is 10.1. The van der Waals surface area contributed by atoms with Crippen molar-refractivity contribution in [1.29, 1.82) is 0 Å². The number of piperazine rings is 1. The van der Waals surface area contributed by atoms with Gasteiger partial charge in [-0.2, -0.15) is 0 Å². The minimum Gasteiger partial charge on any atom is -0.478 e. The van der Waals surface area contributed by atoms with Crippen molar-refractivity contribution in [3.63, 3.8) is 0 Å². The number of pyridine rings is 2. The number of benzene rings is 1. The number of carbonyl (C=O) groups is 2. The molecule has 4 rings (SSSR count). The van der Waals surface area contributed by atoms with Crippen LogP contribution in [0.25, 0.3) is 11.1 Å². The number of aryl methyl sites for hydroxylation is 1. The minimum absolute atomic E-state index is 0.0234. The van der Waals surface area contributed by atoms with Gasteiger partial charge in [0.15, 0.2) is 0 Å². The van der Waals surface area contributed by atoms with E-state index < -0.39 is 5.91 Å². The molecule has 2 aromatic heterocycles. The van der Waals surface area contributed by atoms with Crippen molar-refractivity contribution in [2.45, 2.75) is 33.2 Å². The maximum Gasteiger partial charge on any atom is 0.257 e. The van der Waals surface area contributed by atoms with E-state index in [1.54, 1.807) is 6.20 Å². The zero-order valence-electron chi connectivity index (χ0n) is 22.8. The molecule has 1 aliphatic rings. The van der Waals surface area contributed by atoms with E-state index in [1.165, 1.54) is 0 Å². The molecule has 1 fully saturated rings. The van der Waals surface area contributed by atoms with Crippen LogP contribution in [0, 0.1) is 6.92 Å². The second kappa shape index (κ2) is 11.5. The highest BCUT2D eigenvalue weighted by Gasteiger charge is 2.32. The number of carbonyl (C=O) groups excluding carboxylic acids is 2. The van der Waals surface area contributed by atoms with Crippen molar-refractivity contribution in [3.8, 4) is 17.0 Å². The highest BCUT2D eigenvalue weighted by molar-refractivity contribution is 6.01. The van der Waals surface area contributed by atoms with Crippen molar-refractivity contribution in [1.82, 2.24) is 14.9 Å². The number of primary amides is 1. The number of nitrogens with zero attached hydrogens (tertiary/aromatic N) is 5. The van der Waals surface area contributed by atoms with Gasteiger partial charge in [-0.3, -0.25) is 9.59 Å². The summed E-state index contributed by atoms with van der Waals surface area (Å²) in [7, 11) is 3.78. The van der Waals surface area contributed by atoms with Crippen molar-refractivity contribution in [2.75, 3.05) is 50.1 Å². The number of aromatic nitrogens is 2. The van der Waals surface area contributed by atoms with Crippen LogP contribution < -0.4 is 20.3 Å². The summed E-state index contributed by atoms with van der Waals surface area (Å²) in [5.74, 6) is 0.640. The zero-order valence-corrected chi connectivity index (χ0v) is 22.8. The fourth-order valence-corrected chi connectivity index (χ4v) is 4.94. The third-order valence-electron chi connectivity index (χ3n) is 6.84. The molecule has 3 heterocycles. The molecule has 9 nitrogen and oxygen atoms in total. The fourth-order valence-electron chi connectivity index (χ4n) is 4.94. The number of rotatable bonds is 8. The predicted octanol–water partition coefficient (Wildman–Crippen LogP) is 3.76. The van der Waals surface area contributed by atoms with Crippen LogP contribution in [0.1, 0.15) is 46.7 Å². The summed E-state index contributed by atoms with van der Waals surface area (Å²) in [6, 6.07) is 13.2. The van der Waals surface area contributed by atoms with Crippen LogP contribution in [0.15, 0.2) is 48.7 Å². The Morgan fingerprint density at radius 2 is 1.89 bits per heavy atom. The van der Waals surface area contributed by atoms with Crippen molar-refractivity contribution >= 4 is 23.3 Å². The highest BCUT2D eigenvalue weighted by atomic mass is 16.5.